The lowest BCUT2D eigenvalue weighted by Gasteiger charge is -2.22. The molecular weight excluding hydrogens is 354 g/mol. The Kier molecular flexibility index (Phi) is 6.69. The Morgan fingerprint density at radius 2 is 1.75 bits per heavy atom. The predicted molar refractivity (Wildman–Crippen MR) is 110 cm³/mol. The van der Waals surface area contributed by atoms with Crippen molar-refractivity contribution in [2.45, 2.75) is 39.0 Å². The van der Waals surface area contributed by atoms with Gasteiger partial charge in [0.2, 0.25) is 0 Å². The average Bonchev–Trinajstić information content (AvgIpc) is 2.73. The number of benzene rings is 2. The van der Waals surface area contributed by atoms with Crippen LogP contribution >= 0.6 is 0 Å². The zero-order valence-corrected chi connectivity index (χ0v) is 16.2. The monoisotopic (exact) mass is 381 g/mol. The fourth-order valence-electron chi connectivity index (χ4n) is 3.76. The van der Waals surface area contributed by atoms with E-state index in [1.54, 1.807) is 18.2 Å². The van der Waals surface area contributed by atoms with Gasteiger partial charge in [0.25, 0.3) is 0 Å². The zero-order valence-electron chi connectivity index (χ0n) is 16.2. The maximum Gasteiger partial charge on any atom is 0.336 e. The number of nitrogens with one attached hydrogen (secondary N) is 1. The normalized spacial score (nSPS) is 14.5. The molecule has 0 heterocycles. The van der Waals surface area contributed by atoms with Gasteiger partial charge in [-0.2, -0.15) is 0 Å². The standard InChI is InChI=1S/C23H27NO4/c1-2-28-21-14-17(24-15-16-8-4-3-5-9-16)12-13-20(21)22(25)18-10-6-7-11-19(18)23(26)27/h6-7,10-14,16,24H,2-5,8-9,15H2,1H3,(H,26,27). The number of ether oxygens (including phenoxy) is 1. The molecule has 0 aliphatic heterocycles. The molecule has 0 bridgehead atoms. The van der Waals surface area contributed by atoms with Gasteiger partial charge in [-0.15, -0.1) is 0 Å². The second-order valence-corrected chi connectivity index (χ2v) is 7.21. The highest BCUT2D eigenvalue weighted by atomic mass is 16.5. The Bertz CT molecular complexity index is 840. The van der Waals surface area contributed by atoms with Crippen molar-refractivity contribution in [3.05, 3.63) is 59.2 Å². The highest BCUT2D eigenvalue weighted by molar-refractivity contribution is 6.15. The molecule has 0 saturated heterocycles. The second kappa shape index (κ2) is 9.40. The Morgan fingerprint density at radius 1 is 1.04 bits per heavy atom. The van der Waals surface area contributed by atoms with Crippen LogP contribution in [0.3, 0.4) is 0 Å². The van der Waals surface area contributed by atoms with E-state index in [1.807, 2.05) is 19.1 Å². The highest BCUT2D eigenvalue weighted by Gasteiger charge is 2.21. The lowest BCUT2D eigenvalue weighted by atomic mass is 9.89. The summed E-state index contributed by atoms with van der Waals surface area (Å²) in [7, 11) is 0. The fraction of sp³-hybridized carbons (Fsp3) is 0.391. The van der Waals surface area contributed by atoms with Gasteiger partial charge in [0.15, 0.2) is 5.78 Å². The number of carboxylic acid groups (broad SMARTS) is 1. The Hall–Kier alpha value is -2.82. The predicted octanol–water partition coefficient (Wildman–Crippen LogP) is 5.01. The zero-order chi connectivity index (χ0) is 19.9. The van der Waals surface area contributed by atoms with Gasteiger partial charge in [0.1, 0.15) is 5.75 Å². The Labute approximate surface area is 165 Å². The van der Waals surface area contributed by atoms with Crippen molar-refractivity contribution in [2.75, 3.05) is 18.5 Å². The summed E-state index contributed by atoms with van der Waals surface area (Å²) in [5.41, 5.74) is 1.45. The van der Waals surface area contributed by atoms with Crippen molar-refractivity contribution in [1.29, 1.82) is 0 Å². The van der Waals surface area contributed by atoms with Crippen LogP contribution < -0.4 is 10.1 Å². The molecule has 2 N–H and O–H groups in total. The Morgan fingerprint density at radius 3 is 2.43 bits per heavy atom. The number of carboxylic acids is 1. The van der Waals surface area contributed by atoms with Crippen molar-refractivity contribution >= 4 is 17.4 Å². The van der Waals surface area contributed by atoms with E-state index in [1.165, 1.54) is 44.2 Å². The molecule has 28 heavy (non-hydrogen) atoms. The minimum atomic E-state index is -1.12. The van der Waals surface area contributed by atoms with E-state index in [0.29, 0.717) is 23.8 Å². The third-order valence-corrected chi connectivity index (χ3v) is 5.25. The molecule has 1 saturated carbocycles. The first kappa shape index (κ1) is 19.9. The van der Waals surface area contributed by atoms with E-state index in [-0.39, 0.29) is 16.9 Å². The number of hydrogen-bond donors (Lipinski definition) is 2. The summed E-state index contributed by atoms with van der Waals surface area (Å²) >= 11 is 0. The van der Waals surface area contributed by atoms with Gasteiger partial charge in [-0.1, -0.05) is 37.5 Å². The molecule has 5 heteroatoms. The quantitative estimate of drug-likeness (QED) is 0.629. The van der Waals surface area contributed by atoms with E-state index in [4.69, 9.17) is 4.74 Å². The van der Waals surface area contributed by atoms with Gasteiger partial charge in [-0.05, 0) is 43.9 Å². The molecule has 148 valence electrons. The van der Waals surface area contributed by atoms with Gasteiger partial charge >= 0.3 is 5.97 Å². The number of carbonyl (C=O) groups is 2. The summed E-state index contributed by atoms with van der Waals surface area (Å²) in [6, 6.07) is 11.7. The van der Waals surface area contributed by atoms with Crippen LogP contribution in [0, 0.1) is 5.92 Å². The van der Waals surface area contributed by atoms with E-state index in [2.05, 4.69) is 5.32 Å². The van der Waals surface area contributed by atoms with Crippen LogP contribution in [0.4, 0.5) is 5.69 Å². The molecule has 3 rings (SSSR count). The van der Waals surface area contributed by atoms with Gasteiger partial charge in [0, 0.05) is 23.9 Å². The summed E-state index contributed by atoms with van der Waals surface area (Å²) in [6.45, 7) is 3.20. The second-order valence-electron chi connectivity index (χ2n) is 7.21. The van der Waals surface area contributed by atoms with Gasteiger partial charge < -0.3 is 15.2 Å². The topological polar surface area (TPSA) is 75.6 Å². The molecule has 5 nitrogen and oxygen atoms in total. The lowest BCUT2D eigenvalue weighted by Crippen LogP contribution is -2.17. The molecule has 2 aromatic rings. The largest absolute Gasteiger partial charge is 0.493 e. The highest BCUT2D eigenvalue weighted by Crippen LogP contribution is 2.29. The molecule has 0 spiro atoms. The van der Waals surface area contributed by atoms with Crippen molar-refractivity contribution in [1.82, 2.24) is 0 Å². The van der Waals surface area contributed by atoms with Gasteiger partial charge in [-0.3, -0.25) is 4.79 Å². The number of rotatable bonds is 8. The van der Waals surface area contributed by atoms with Crippen LogP contribution in [0.15, 0.2) is 42.5 Å². The molecule has 0 amide bonds. The van der Waals surface area contributed by atoms with Crippen molar-refractivity contribution in [3.63, 3.8) is 0 Å². The minimum absolute atomic E-state index is 0.00514. The molecule has 1 aliphatic carbocycles. The van der Waals surface area contributed by atoms with Crippen LogP contribution in [0.5, 0.6) is 5.75 Å². The molecule has 1 aliphatic rings. The van der Waals surface area contributed by atoms with E-state index >= 15 is 0 Å². The number of aromatic carboxylic acids is 1. The first-order valence-electron chi connectivity index (χ1n) is 9.98. The van der Waals surface area contributed by atoms with E-state index < -0.39 is 5.97 Å². The third kappa shape index (κ3) is 4.71. The van der Waals surface area contributed by atoms with Crippen LogP contribution in [-0.2, 0) is 0 Å². The van der Waals surface area contributed by atoms with Crippen LogP contribution in [0.1, 0.15) is 65.3 Å². The molecule has 0 atom stereocenters. The first-order chi connectivity index (χ1) is 13.6. The number of anilines is 1. The summed E-state index contributed by atoms with van der Waals surface area (Å²) in [5, 5.41) is 12.8. The molecule has 0 radical (unpaired) electrons. The van der Waals surface area contributed by atoms with Gasteiger partial charge in [-0.25, -0.2) is 4.79 Å². The number of ketones is 1. The van der Waals surface area contributed by atoms with Crippen LogP contribution in [0.2, 0.25) is 0 Å². The third-order valence-electron chi connectivity index (χ3n) is 5.25. The summed E-state index contributed by atoms with van der Waals surface area (Å²) < 4.78 is 5.70. The minimum Gasteiger partial charge on any atom is -0.493 e. The van der Waals surface area contributed by atoms with E-state index in [9.17, 15) is 14.7 Å². The maximum absolute atomic E-state index is 13.0. The number of carbonyl (C=O) groups excluding carboxylic acids is 1. The Balaban J connectivity index is 1.82. The van der Waals surface area contributed by atoms with Crippen molar-refractivity contribution < 1.29 is 19.4 Å². The fourth-order valence-corrected chi connectivity index (χ4v) is 3.76. The molecule has 1 fully saturated rings. The van der Waals surface area contributed by atoms with Crippen LogP contribution in [0.25, 0.3) is 0 Å². The molecule has 2 aromatic carbocycles. The summed E-state index contributed by atoms with van der Waals surface area (Å²) in [5.74, 6) is -0.303. The SMILES string of the molecule is CCOc1cc(NCC2CCCCC2)ccc1C(=O)c1ccccc1C(=O)O. The summed E-state index contributed by atoms with van der Waals surface area (Å²) in [6.07, 6.45) is 6.45. The van der Waals surface area contributed by atoms with Crippen LogP contribution in [-0.4, -0.2) is 30.0 Å². The molecule has 0 unspecified atom stereocenters. The lowest BCUT2D eigenvalue weighted by molar-refractivity contribution is 0.0692. The van der Waals surface area contributed by atoms with Crippen molar-refractivity contribution in [3.8, 4) is 5.75 Å². The van der Waals surface area contributed by atoms with Crippen molar-refractivity contribution in [2.24, 2.45) is 5.92 Å². The average molecular weight is 381 g/mol. The molecule has 0 aromatic heterocycles. The first-order valence-corrected chi connectivity index (χ1v) is 9.98. The van der Waals surface area contributed by atoms with E-state index in [0.717, 1.165) is 12.2 Å². The smallest absolute Gasteiger partial charge is 0.336 e. The number of hydrogen-bond acceptors (Lipinski definition) is 4. The molecular formula is C23H27NO4. The summed E-state index contributed by atoms with van der Waals surface area (Å²) in [4.78, 5) is 24.5. The van der Waals surface area contributed by atoms with Gasteiger partial charge in [0.05, 0.1) is 17.7 Å². The maximum atomic E-state index is 13.0.